The second kappa shape index (κ2) is 5.28. The van der Waals surface area contributed by atoms with Gasteiger partial charge in [-0.15, -0.1) is 0 Å². The quantitative estimate of drug-likeness (QED) is 0.810. The highest BCUT2D eigenvalue weighted by molar-refractivity contribution is 9.10. The van der Waals surface area contributed by atoms with Crippen LogP contribution in [-0.2, 0) is 6.54 Å². The Bertz CT molecular complexity index is 609. The predicted molar refractivity (Wildman–Crippen MR) is 86.2 cm³/mol. The van der Waals surface area contributed by atoms with Crippen molar-refractivity contribution in [2.24, 2.45) is 5.92 Å². The van der Waals surface area contributed by atoms with Crippen LogP contribution in [0.2, 0.25) is 0 Å². The fourth-order valence-corrected chi connectivity index (χ4v) is 3.46. The van der Waals surface area contributed by atoms with Crippen LogP contribution in [-0.4, -0.2) is 0 Å². The van der Waals surface area contributed by atoms with Crippen LogP contribution in [0.3, 0.4) is 0 Å². The highest BCUT2D eigenvalue weighted by atomic mass is 79.9. The van der Waals surface area contributed by atoms with Crippen molar-refractivity contribution >= 4 is 21.6 Å². The van der Waals surface area contributed by atoms with Gasteiger partial charge in [-0.05, 0) is 61.6 Å². The molecule has 20 heavy (non-hydrogen) atoms. The summed E-state index contributed by atoms with van der Waals surface area (Å²) in [5.74, 6) is 3.61. The lowest BCUT2D eigenvalue weighted by Gasteiger charge is -2.12. The van der Waals surface area contributed by atoms with E-state index in [1.807, 2.05) is 0 Å². The summed E-state index contributed by atoms with van der Waals surface area (Å²) in [7, 11) is 0. The molecule has 3 heteroatoms. The number of anilines is 1. The SMILES string of the molecule is Cc1cc(Br)cc(C)c1NCc1ccc(C2CC2C)o1. The van der Waals surface area contributed by atoms with E-state index in [-0.39, 0.29) is 0 Å². The Morgan fingerprint density at radius 3 is 2.50 bits per heavy atom. The summed E-state index contributed by atoms with van der Waals surface area (Å²) in [5.41, 5.74) is 3.70. The number of furan rings is 1. The van der Waals surface area contributed by atoms with Crippen molar-refractivity contribution in [1.82, 2.24) is 0 Å². The van der Waals surface area contributed by atoms with Crippen LogP contribution in [0.15, 0.2) is 33.2 Å². The van der Waals surface area contributed by atoms with E-state index in [0.29, 0.717) is 5.92 Å². The number of hydrogen-bond acceptors (Lipinski definition) is 2. The van der Waals surface area contributed by atoms with E-state index in [4.69, 9.17) is 4.42 Å². The number of aryl methyl sites for hydroxylation is 2. The molecule has 1 aliphatic rings. The average molecular weight is 334 g/mol. The van der Waals surface area contributed by atoms with Crippen molar-refractivity contribution in [1.29, 1.82) is 0 Å². The Hall–Kier alpha value is -1.22. The monoisotopic (exact) mass is 333 g/mol. The molecule has 0 bridgehead atoms. The summed E-state index contributed by atoms with van der Waals surface area (Å²) in [4.78, 5) is 0. The Kier molecular flexibility index (Phi) is 3.63. The van der Waals surface area contributed by atoms with E-state index < -0.39 is 0 Å². The lowest BCUT2D eigenvalue weighted by atomic mass is 10.1. The van der Waals surface area contributed by atoms with Crippen molar-refractivity contribution in [2.45, 2.75) is 39.7 Å². The maximum atomic E-state index is 5.93. The molecule has 0 amide bonds. The third-order valence-corrected chi connectivity index (χ3v) is 4.55. The van der Waals surface area contributed by atoms with Crippen molar-refractivity contribution in [3.63, 3.8) is 0 Å². The molecule has 2 nitrogen and oxygen atoms in total. The number of halogens is 1. The standard InChI is InChI=1S/C17H20BrNO/c1-10-8-15(10)16-5-4-14(20-16)9-19-17-11(2)6-13(18)7-12(17)3/h4-7,10,15,19H,8-9H2,1-3H3. The summed E-state index contributed by atoms with van der Waals surface area (Å²) in [5, 5.41) is 3.49. The molecule has 2 atom stereocenters. The molecule has 106 valence electrons. The molecule has 1 heterocycles. The Morgan fingerprint density at radius 2 is 1.90 bits per heavy atom. The topological polar surface area (TPSA) is 25.2 Å². The van der Waals surface area contributed by atoms with Gasteiger partial charge in [0.2, 0.25) is 0 Å². The molecule has 1 aromatic heterocycles. The van der Waals surface area contributed by atoms with Gasteiger partial charge in [-0.25, -0.2) is 0 Å². The van der Waals surface area contributed by atoms with Crippen LogP contribution in [0.1, 0.15) is 41.9 Å². The first kappa shape index (κ1) is 13.7. The third kappa shape index (κ3) is 2.78. The summed E-state index contributed by atoms with van der Waals surface area (Å²) in [6.45, 7) is 7.27. The first-order chi connectivity index (χ1) is 9.54. The van der Waals surface area contributed by atoms with Gasteiger partial charge in [-0.2, -0.15) is 0 Å². The van der Waals surface area contributed by atoms with Gasteiger partial charge in [0.05, 0.1) is 6.54 Å². The van der Waals surface area contributed by atoms with E-state index in [1.165, 1.54) is 23.2 Å². The molecule has 1 fully saturated rings. The van der Waals surface area contributed by atoms with E-state index in [1.54, 1.807) is 0 Å². The highest BCUT2D eigenvalue weighted by Crippen LogP contribution is 2.47. The van der Waals surface area contributed by atoms with Gasteiger partial charge in [-0.1, -0.05) is 22.9 Å². The second-order valence-electron chi connectivity index (χ2n) is 5.89. The number of hydrogen-bond donors (Lipinski definition) is 1. The van der Waals surface area contributed by atoms with E-state index in [2.05, 4.69) is 66.3 Å². The molecule has 0 radical (unpaired) electrons. The van der Waals surface area contributed by atoms with Gasteiger partial charge in [0.1, 0.15) is 11.5 Å². The average Bonchev–Trinajstić information content (AvgIpc) is 2.92. The van der Waals surface area contributed by atoms with E-state index in [0.717, 1.165) is 28.5 Å². The first-order valence-electron chi connectivity index (χ1n) is 7.14. The smallest absolute Gasteiger partial charge is 0.123 e. The largest absolute Gasteiger partial charge is 0.464 e. The van der Waals surface area contributed by atoms with E-state index in [9.17, 15) is 0 Å². The van der Waals surface area contributed by atoms with Crippen LogP contribution in [0.4, 0.5) is 5.69 Å². The van der Waals surface area contributed by atoms with Gasteiger partial charge in [0, 0.05) is 16.1 Å². The third-order valence-electron chi connectivity index (χ3n) is 4.09. The Labute approximate surface area is 128 Å². The van der Waals surface area contributed by atoms with Gasteiger partial charge in [-0.3, -0.25) is 0 Å². The Morgan fingerprint density at radius 1 is 1.25 bits per heavy atom. The van der Waals surface area contributed by atoms with Crippen molar-refractivity contribution in [3.8, 4) is 0 Å². The maximum Gasteiger partial charge on any atom is 0.123 e. The van der Waals surface area contributed by atoms with Crippen LogP contribution in [0.25, 0.3) is 0 Å². The van der Waals surface area contributed by atoms with Crippen molar-refractivity contribution < 1.29 is 4.42 Å². The van der Waals surface area contributed by atoms with Crippen LogP contribution >= 0.6 is 15.9 Å². The second-order valence-corrected chi connectivity index (χ2v) is 6.81. The molecule has 0 spiro atoms. The zero-order valence-corrected chi connectivity index (χ0v) is 13.8. The Balaban J connectivity index is 1.69. The lowest BCUT2D eigenvalue weighted by Crippen LogP contribution is -2.02. The summed E-state index contributed by atoms with van der Waals surface area (Å²) >= 11 is 3.53. The molecule has 2 aromatic rings. The summed E-state index contributed by atoms with van der Waals surface area (Å²) < 4.78 is 7.06. The van der Waals surface area contributed by atoms with Crippen LogP contribution in [0.5, 0.6) is 0 Å². The zero-order chi connectivity index (χ0) is 14.3. The normalized spacial score (nSPS) is 21.0. The fraction of sp³-hybridized carbons (Fsp3) is 0.412. The lowest BCUT2D eigenvalue weighted by molar-refractivity contribution is 0.468. The van der Waals surface area contributed by atoms with Gasteiger partial charge in [0.15, 0.2) is 0 Å². The minimum atomic E-state index is 0.653. The molecule has 0 aliphatic heterocycles. The van der Waals surface area contributed by atoms with Crippen LogP contribution in [0, 0.1) is 19.8 Å². The molecule has 2 unspecified atom stereocenters. The fourth-order valence-electron chi connectivity index (χ4n) is 2.77. The van der Waals surface area contributed by atoms with Gasteiger partial charge >= 0.3 is 0 Å². The van der Waals surface area contributed by atoms with Gasteiger partial charge < -0.3 is 9.73 Å². The molecule has 0 saturated heterocycles. The molecule has 1 aromatic carbocycles. The number of benzene rings is 1. The molecular weight excluding hydrogens is 314 g/mol. The highest BCUT2D eigenvalue weighted by Gasteiger charge is 2.36. The van der Waals surface area contributed by atoms with Crippen molar-refractivity contribution in [3.05, 3.63) is 51.4 Å². The number of nitrogens with one attached hydrogen (secondary N) is 1. The minimum Gasteiger partial charge on any atom is -0.464 e. The zero-order valence-electron chi connectivity index (χ0n) is 12.2. The minimum absolute atomic E-state index is 0.653. The number of rotatable bonds is 4. The molecule has 3 rings (SSSR count). The van der Waals surface area contributed by atoms with E-state index >= 15 is 0 Å². The van der Waals surface area contributed by atoms with Crippen molar-refractivity contribution in [2.75, 3.05) is 5.32 Å². The molecular formula is C17H20BrNO. The predicted octanol–water partition coefficient (Wildman–Crippen LogP) is 5.39. The van der Waals surface area contributed by atoms with Crippen LogP contribution < -0.4 is 5.32 Å². The molecule has 1 saturated carbocycles. The van der Waals surface area contributed by atoms with Gasteiger partial charge in [0.25, 0.3) is 0 Å². The summed E-state index contributed by atoms with van der Waals surface area (Å²) in [6, 6.07) is 8.49. The first-order valence-corrected chi connectivity index (χ1v) is 7.93. The maximum absolute atomic E-state index is 5.93. The molecule has 1 N–H and O–H groups in total. The molecule has 1 aliphatic carbocycles. The summed E-state index contributed by atoms with van der Waals surface area (Å²) in [6.07, 6.45) is 1.27.